The first kappa shape index (κ1) is 6.13. The Balaban J connectivity index is 1.98. The van der Waals surface area contributed by atoms with Gasteiger partial charge in [-0.2, -0.15) is 0 Å². The molecule has 0 aromatic rings. The van der Waals surface area contributed by atoms with Crippen LogP contribution in [0.15, 0.2) is 24.8 Å². The van der Waals surface area contributed by atoms with Crippen molar-refractivity contribution in [2.45, 2.75) is 18.2 Å². The second-order valence-electron chi connectivity index (χ2n) is 2.84. The molecule has 1 unspecified atom stereocenters. The van der Waals surface area contributed by atoms with Crippen LogP contribution in [0, 0.1) is 0 Å². The molecule has 1 saturated heterocycles. The molecule has 0 radical (unpaired) electrons. The molecule has 0 saturated carbocycles. The van der Waals surface area contributed by atoms with Crippen LogP contribution in [0.1, 0.15) is 0 Å². The van der Waals surface area contributed by atoms with E-state index in [1.807, 2.05) is 12.2 Å². The summed E-state index contributed by atoms with van der Waals surface area (Å²) >= 11 is 0. The summed E-state index contributed by atoms with van der Waals surface area (Å²) in [6, 6.07) is 0.881. The molecule has 0 aromatic carbocycles. The highest BCUT2D eigenvalue weighted by Crippen LogP contribution is 2.36. The topological polar surface area (TPSA) is 23.2 Å². The van der Waals surface area contributed by atoms with Gasteiger partial charge in [0.1, 0.15) is 0 Å². The van der Waals surface area contributed by atoms with E-state index in [1.54, 1.807) is 0 Å². The van der Waals surface area contributed by atoms with E-state index >= 15 is 0 Å². The minimum atomic E-state index is -0.232. The molecule has 1 aliphatic heterocycles. The quantitative estimate of drug-likeness (QED) is 0.432. The van der Waals surface area contributed by atoms with Crippen molar-refractivity contribution in [2.24, 2.45) is 0 Å². The van der Waals surface area contributed by atoms with Gasteiger partial charge in [-0.1, -0.05) is 18.2 Å². The number of rotatable bonds is 2. The zero-order valence-electron chi connectivity index (χ0n) is 5.77. The van der Waals surface area contributed by atoms with Gasteiger partial charge in [-0.25, -0.2) is 0 Å². The number of aliphatic hydroxyl groups is 1. The first-order valence-corrected chi connectivity index (χ1v) is 3.57. The fourth-order valence-electron chi connectivity index (χ4n) is 1.67. The SMILES string of the molecule is C=CCN1[C@@H]2[C@@H](O)C=C[C@@H]21. The molecule has 1 N–H and O–H groups in total. The summed E-state index contributed by atoms with van der Waals surface area (Å²) in [5, 5.41) is 9.27. The minimum Gasteiger partial charge on any atom is -0.387 e. The molecule has 10 heavy (non-hydrogen) atoms. The lowest BCUT2D eigenvalue weighted by Gasteiger charge is -2.03. The summed E-state index contributed by atoms with van der Waals surface area (Å²) in [4.78, 5) is 2.22. The lowest BCUT2D eigenvalue weighted by atomic mass is 10.3. The highest BCUT2D eigenvalue weighted by atomic mass is 16.3. The van der Waals surface area contributed by atoms with Crippen LogP contribution < -0.4 is 0 Å². The fraction of sp³-hybridized carbons (Fsp3) is 0.500. The van der Waals surface area contributed by atoms with Gasteiger partial charge in [0.05, 0.1) is 12.1 Å². The van der Waals surface area contributed by atoms with Crippen LogP contribution in [-0.2, 0) is 0 Å². The zero-order chi connectivity index (χ0) is 7.14. The lowest BCUT2D eigenvalue weighted by molar-refractivity contribution is 0.205. The molecule has 1 fully saturated rings. The van der Waals surface area contributed by atoms with E-state index in [-0.39, 0.29) is 6.10 Å². The summed E-state index contributed by atoms with van der Waals surface area (Å²) in [5.74, 6) is 0. The Hall–Kier alpha value is -0.600. The van der Waals surface area contributed by atoms with Crippen LogP contribution >= 0.6 is 0 Å². The Morgan fingerprint density at radius 2 is 2.40 bits per heavy atom. The maximum atomic E-state index is 9.27. The molecule has 1 aliphatic carbocycles. The second-order valence-corrected chi connectivity index (χ2v) is 2.84. The fourth-order valence-corrected chi connectivity index (χ4v) is 1.67. The van der Waals surface area contributed by atoms with Gasteiger partial charge in [0, 0.05) is 12.6 Å². The van der Waals surface area contributed by atoms with Crippen LogP contribution in [-0.4, -0.2) is 34.7 Å². The summed E-state index contributed by atoms with van der Waals surface area (Å²) in [7, 11) is 0. The highest BCUT2D eigenvalue weighted by Gasteiger charge is 2.51. The summed E-state index contributed by atoms with van der Waals surface area (Å²) < 4.78 is 0. The Labute approximate surface area is 60.5 Å². The van der Waals surface area contributed by atoms with Crippen LogP contribution in [0.3, 0.4) is 0 Å². The van der Waals surface area contributed by atoms with Crippen molar-refractivity contribution in [3.63, 3.8) is 0 Å². The number of nitrogens with zero attached hydrogens (tertiary/aromatic N) is 1. The average Bonchev–Trinajstić information content (AvgIpc) is 2.45. The standard InChI is InChI=1S/C8H11NO/c1-2-5-9-6-3-4-7(10)8(6)9/h2-4,6-8,10H,1,5H2/t6-,7-,8-,9?/m0/s1. The van der Waals surface area contributed by atoms with Gasteiger partial charge >= 0.3 is 0 Å². The maximum Gasteiger partial charge on any atom is 0.0895 e. The molecule has 0 spiro atoms. The van der Waals surface area contributed by atoms with Gasteiger partial charge in [-0.15, -0.1) is 6.58 Å². The minimum absolute atomic E-state index is 0.232. The lowest BCUT2D eigenvalue weighted by Crippen LogP contribution is -2.15. The van der Waals surface area contributed by atoms with E-state index in [9.17, 15) is 5.11 Å². The molecule has 1 heterocycles. The first-order valence-electron chi connectivity index (χ1n) is 3.57. The van der Waals surface area contributed by atoms with E-state index < -0.39 is 0 Å². The molecule has 0 aromatic heterocycles. The molecule has 54 valence electrons. The van der Waals surface area contributed by atoms with Gasteiger partial charge in [-0.05, 0) is 0 Å². The number of fused-ring (bicyclic) bond motifs is 1. The largest absolute Gasteiger partial charge is 0.387 e. The summed E-state index contributed by atoms with van der Waals surface area (Å²) in [6.45, 7) is 4.55. The number of hydrogen-bond acceptors (Lipinski definition) is 2. The zero-order valence-corrected chi connectivity index (χ0v) is 5.77. The summed E-state index contributed by atoms with van der Waals surface area (Å²) in [6.07, 6.45) is 5.58. The van der Waals surface area contributed by atoms with E-state index in [0.29, 0.717) is 12.1 Å². The normalized spacial score (nSPS) is 48.9. The number of hydrogen-bond donors (Lipinski definition) is 1. The van der Waals surface area contributed by atoms with Crippen molar-refractivity contribution in [1.82, 2.24) is 4.90 Å². The van der Waals surface area contributed by atoms with Gasteiger partial charge in [0.15, 0.2) is 0 Å². The van der Waals surface area contributed by atoms with Gasteiger partial charge in [0.25, 0.3) is 0 Å². The predicted octanol–water partition coefficient (Wildman–Crippen LogP) is 0.156. The monoisotopic (exact) mass is 137 g/mol. The van der Waals surface area contributed by atoms with E-state index in [2.05, 4.69) is 17.6 Å². The first-order chi connectivity index (χ1) is 4.84. The van der Waals surface area contributed by atoms with Gasteiger partial charge < -0.3 is 5.11 Å². The molecule has 2 nitrogen and oxygen atoms in total. The molecule has 2 rings (SSSR count). The third-order valence-corrected chi connectivity index (χ3v) is 2.22. The van der Waals surface area contributed by atoms with Crippen molar-refractivity contribution >= 4 is 0 Å². The van der Waals surface area contributed by atoms with Crippen LogP contribution in [0.5, 0.6) is 0 Å². The summed E-state index contributed by atoms with van der Waals surface area (Å²) in [5.41, 5.74) is 0. The Kier molecular flexibility index (Phi) is 1.19. The van der Waals surface area contributed by atoms with Crippen molar-refractivity contribution in [1.29, 1.82) is 0 Å². The van der Waals surface area contributed by atoms with Crippen LogP contribution in [0.2, 0.25) is 0 Å². The van der Waals surface area contributed by atoms with Crippen molar-refractivity contribution in [3.05, 3.63) is 24.8 Å². The molecule has 0 bridgehead atoms. The van der Waals surface area contributed by atoms with E-state index in [4.69, 9.17) is 0 Å². The van der Waals surface area contributed by atoms with Crippen LogP contribution in [0.4, 0.5) is 0 Å². The third kappa shape index (κ3) is 0.662. The van der Waals surface area contributed by atoms with Crippen molar-refractivity contribution < 1.29 is 5.11 Å². The van der Waals surface area contributed by atoms with Crippen molar-refractivity contribution in [2.75, 3.05) is 6.54 Å². The molecule has 4 atom stereocenters. The van der Waals surface area contributed by atoms with Gasteiger partial charge in [-0.3, -0.25) is 4.90 Å². The Bertz CT molecular complexity index is 188. The van der Waals surface area contributed by atoms with Gasteiger partial charge in [0.2, 0.25) is 0 Å². The molecule has 2 heteroatoms. The highest BCUT2D eigenvalue weighted by molar-refractivity contribution is 5.27. The smallest absolute Gasteiger partial charge is 0.0895 e. The number of aliphatic hydroxyl groups excluding tert-OH is 1. The Morgan fingerprint density at radius 3 is 2.90 bits per heavy atom. The molecular formula is C8H11NO. The molecule has 0 amide bonds. The molecular weight excluding hydrogens is 126 g/mol. The third-order valence-electron chi connectivity index (χ3n) is 2.22. The van der Waals surface area contributed by atoms with Crippen LogP contribution in [0.25, 0.3) is 0 Å². The predicted molar refractivity (Wildman–Crippen MR) is 39.6 cm³/mol. The molecule has 2 aliphatic rings. The van der Waals surface area contributed by atoms with E-state index in [1.165, 1.54) is 0 Å². The van der Waals surface area contributed by atoms with Crippen molar-refractivity contribution in [3.8, 4) is 0 Å². The maximum absolute atomic E-state index is 9.27. The average molecular weight is 137 g/mol. The second kappa shape index (κ2) is 1.94. The Morgan fingerprint density at radius 1 is 1.60 bits per heavy atom. The van der Waals surface area contributed by atoms with E-state index in [0.717, 1.165) is 6.54 Å².